The fraction of sp³-hybridized carbons (Fsp3) is 0.412. The number of aryl methyl sites for hydroxylation is 2. The van der Waals surface area contributed by atoms with Gasteiger partial charge in [0.25, 0.3) is 0 Å². The average Bonchev–Trinajstić information content (AvgIpc) is 2.85. The van der Waals surface area contributed by atoms with Crippen LogP contribution < -0.4 is 5.32 Å². The molecule has 0 saturated carbocycles. The number of carbonyl (C=O) groups is 1. The average molecular weight is 301 g/mol. The van der Waals surface area contributed by atoms with E-state index in [2.05, 4.69) is 30.5 Å². The Balaban J connectivity index is 1.99. The lowest BCUT2D eigenvalue weighted by Gasteiger charge is -2.08. The molecule has 1 aromatic carbocycles. The van der Waals surface area contributed by atoms with Gasteiger partial charge in [-0.3, -0.25) is 9.48 Å². The fourth-order valence-corrected chi connectivity index (χ4v) is 2.24. The molecule has 2 rings (SSSR count). The first-order valence-electron chi connectivity index (χ1n) is 7.55. The number of hydrogen-bond acceptors (Lipinski definition) is 3. The molecule has 0 saturated heterocycles. The van der Waals surface area contributed by atoms with Gasteiger partial charge in [-0.25, -0.2) is 0 Å². The molecular weight excluding hydrogens is 278 g/mol. The van der Waals surface area contributed by atoms with Gasteiger partial charge in [-0.1, -0.05) is 12.1 Å². The molecule has 0 radical (unpaired) electrons. The number of benzene rings is 1. The maximum Gasteiger partial charge on any atom is 0.303 e. The second kappa shape index (κ2) is 7.11. The molecule has 0 aliphatic rings. The number of anilines is 1. The Kier molecular flexibility index (Phi) is 5.20. The summed E-state index contributed by atoms with van der Waals surface area (Å²) in [6.07, 6.45) is 2.78. The number of rotatable bonds is 7. The second-order valence-corrected chi connectivity index (χ2v) is 5.76. The molecule has 0 bridgehead atoms. The Morgan fingerprint density at radius 1 is 1.41 bits per heavy atom. The normalized spacial score (nSPS) is 10.9. The van der Waals surface area contributed by atoms with E-state index in [1.807, 2.05) is 35.9 Å². The number of hydrogen-bond donors (Lipinski definition) is 2. The van der Waals surface area contributed by atoms with E-state index in [0.717, 1.165) is 16.9 Å². The number of nitrogens with one attached hydrogen (secondary N) is 1. The van der Waals surface area contributed by atoms with Gasteiger partial charge >= 0.3 is 5.97 Å². The van der Waals surface area contributed by atoms with Crippen molar-refractivity contribution in [1.82, 2.24) is 9.78 Å². The molecule has 0 aliphatic heterocycles. The summed E-state index contributed by atoms with van der Waals surface area (Å²) in [4.78, 5) is 10.6. The van der Waals surface area contributed by atoms with Gasteiger partial charge in [-0.15, -0.1) is 0 Å². The maximum atomic E-state index is 10.6. The van der Waals surface area contributed by atoms with Crippen LogP contribution in [-0.4, -0.2) is 20.9 Å². The molecule has 0 spiro atoms. The quantitative estimate of drug-likeness (QED) is 0.822. The van der Waals surface area contributed by atoms with E-state index in [0.29, 0.717) is 19.0 Å². The summed E-state index contributed by atoms with van der Waals surface area (Å²) in [7, 11) is 0. The Morgan fingerprint density at radius 3 is 2.82 bits per heavy atom. The maximum absolute atomic E-state index is 10.6. The Hall–Kier alpha value is -2.30. The molecule has 0 fully saturated rings. The molecular formula is C17H23N3O2. The van der Waals surface area contributed by atoms with Crippen LogP contribution in [0.5, 0.6) is 0 Å². The highest BCUT2D eigenvalue weighted by Gasteiger charge is 2.07. The zero-order valence-electron chi connectivity index (χ0n) is 13.3. The van der Waals surface area contributed by atoms with Crippen LogP contribution in [0.15, 0.2) is 30.5 Å². The largest absolute Gasteiger partial charge is 0.481 e. The van der Waals surface area contributed by atoms with Gasteiger partial charge in [0, 0.05) is 36.5 Å². The summed E-state index contributed by atoms with van der Waals surface area (Å²) in [5.74, 6) is -0.768. The van der Waals surface area contributed by atoms with Crippen molar-refractivity contribution in [2.45, 2.75) is 46.2 Å². The van der Waals surface area contributed by atoms with Crippen molar-refractivity contribution in [1.29, 1.82) is 0 Å². The van der Waals surface area contributed by atoms with E-state index < -0.39 is 5.97 Å². The van der Waals surface area contributed by atoms with Crippen LogP contribution in [0, 0.1) is 6.92 Å². The summed E-state index contributed by atoms with van der Waals surface area (Å²) in [5, 5.41) is 16.6. The molecule has 0 atom stereocenters. The number of carboxylic acid groups (broad SMARTS) is 1. The SMILES string of the molecule is Cc1nn(C(C)C)cc1CNc1cccc(CCC(=O)O)c1. The predicted octanol–water partition coefficient (Wildman–Crippen LogP) is 3.40. The molecule has 5 heteroatoms. The lowest BCUT2D eigenvalue weighted by Crippen LogP contribution is -2.02. The van der Waals surface area contributed by atoms with Gasteiger partial charge < -0.3 is 10.4 Å². The molecule has 1 heterocycles. The first-order chi connectivity index (χ1) is 10.5. The van der Waals surface area contributed by atoms with Crippen molar-refractivity contribution in [3.63, 3.8) is 0 Å². The van der Waals surface area contributed by atoms with Crippen molar-refractivity contribution in [2.24, 2.45) is 0 Å². The summed E-state index contributed by atoms with van der Waals surface area (Å²) < 4.78 is 1.97. The van der Waals surface area contributed by atoms with E-state index in [4.69, 9.17) is 5.11 Å². The molecule has 2 N–H and O–H groups in total. The number of carboxylic acids is 1. The van der Waals surface area contributed by atoms with Gasteiger partial charge in [-0.2, -0.15) is 5.10 Å². The highest BCUT2D eigenvalue weighted by Crippen LogP contribution is 2.16. The lowest BCUT2D eigenvalue weighted by molar-refractivity contribution is -0.136. The molecule has 0 unspecified atom stereocenters. The molecule has 1 aromatic heterocycles. The predicted molar refractivity (Wildman–Crippen MR) is 87.1 cm³/mol. The number of aromatic nitrogens is 2. The number of nitrogens with zero attached hydrogens (tertiary/aromatic N) is 2. The van der Waals surface area contributed by atoms with E-state index in [9.17, 15) is 4.79 Å². The van der Waals surface area contributed by atoms with Crippen LogP contribution in [-0.2, 0) is 17.8 Å². The van der Waals surface area contributed by atoms with Crippen LogP contribution in [0.25, 0.3) is 0 Å². The van der Waals surface area contributed by atoms with Crippen LogP contribution in [0.3, 0.4) is 0 Å². The van der Waals surface area contributed by atoms with Gasteiger partial charge in [0.15, 0.2) is 0 Å². The fourth-order valence-electron chi connectivity index (χ4n) is 2.24. The standard InChI is InChI=1S/C17H23N3O2/c1-12(2)20-11-15(13(3)19-20)10-18-16-6-4-5-14(9-16)7-8-17(21)22/h4-6,9,11-12,18H,7-8,10H2,1-3H3,(H,21,22). The first-order valence-corrected chi connectivity index (χ1v) is 7.55. The molecule has 0 amide bonds. The van der Waals surface area contributed by atoms with Crippen LogP contribution in [0.1, 0.15) is 43.1 Å². The highest BCUT2D eigenvalue weighted by atomic mass is 16.4. The van der Waals surface area contributed by atoms with E-state index >= 15 is 0 Å². The minimum absolute atomic E-state index is 0.156. The third-order valence-electron chi connectivity index (χ3n) is 3.58. The monoisotopic (exact) mass is 301 g/mol. The van der Waals surface area contributed by atoms with E-state index in [1.165, 1.54) is 5.56 Å². The molecule has 2 aromatic rings. The number of aliphatic carboxylic acids is 1. The first kappa shape index (κ1) is 16.1. The van der Waals surface area contributed by atoms with Crippen LogP contribution in [0.2, 0.25) is 0 Å². The Labute approximate surface area is 131 Å². The van der Waals surface area contributed by atoms with Gasteiger partial charge in [0.2, 0.25) is 0 Å². The molecule has 118 valence electrons. The van der Waals surface area contributed by atoms with Gasteiger partial charge in [0.1, 0.15) is 0 Å². The Bertz CT molecular complexity index is 647. The minimum atomic E-state index is -0.768. The van der Waals surface area contributed by atoms with Crippen LogP contribution >= 0.6 is 0 Å². The summed E-state index contributed by atoms with van der Waals surface area (Å²) in [5.41, 5.74) is 4.23. The summed E-state index contributed by atoms with van der Waals surface area (Å²) in [6, 6.07) is 8.25. The van der Waals surface area contributed by atoms with Gasteiger partial charge in [-0.05, 0) is 44.9 Å². The van der Waals surface area contributed by atoms with Crippen molar-refractivity contribution in [3.8, 4) is 0 Å². The van der Waals surface area contributed by atoms with Crippen LogP contribution in [0.4, 0.5) is 5.69 Å². The zero-order valence-corrected chi connectivity index (χ0v) is 13.3. The Morgan fingerprint density at radius 2 is 2.18 bits per heavy atom. The molecule has 0 aliphatic carbocycles. The van der Waals surface area contributed by atoms with Crippen molar-refractivity contribution in [3.05, 3.63) is 47.3 Å². The smallest absolute Gasteiger partial charge is 0.303 e. The van der Waals surface area contributed by atoms with E-state index in [-0.39, 0.29) is 6.42 Å². The van der Waals surface area contributed by atoms with Crippen molar-refractivity contribution < 1.29 is 9.90 Å². The van der Waals surface area contributed by atoms with E-state index in [1.54, 1.807) is 0 Å². The third kappa shape index (κ3) is 4.35. The van der Waals surface area contributed by atoms with Crippen molar-refractivity contribution >= 4 is 11.7 Å². The topological polar surface area (TPSA) is 67.2 Å². The van der Waals surface area contributed by atoms with Gasteiger partial charge in [0.05, 0.1) is 5.69 Å². The third-order valence-corrected chi connectivity index (χ3v) is 3.58. The highest BCUT2D eigenvalue weighted by molar-refractivity contribution is 5.67. The molecule has 5 nitrogen and oxygen atoms in total. The summed E-state index contributed by atoms with van der Waals surface area (Å²) in [6.45, 7) is 6.94. The molecule has 22 heavy (non-hydrogen) atoms. The lowest BCUT2D eigenvalue weighted by atomic mass is 10.1. The second-order valence-electron chi connectivity index (χ2n) is 5.76. The summed E-state index contributed by atoms with van der Waals surface area (Å²) >= 11 is 0. The zero-order chi connectivity index (χ0) is 16.1. The minimum Gasteiger partial charge on any atom is -0.481 e. The van der Waals surface area contributed by atoms with Crippen molar-refractivity contribution in [2.75, 3.05) is 5.32 Å².